The third-order valence-corrected chi connectivity index (χ3v) is 8.27. The molecule has 46 heavy (non-hydrogen) atoms. The fourth-order valence-electron chi connectivity index (χ4n) is 5.69. The number of carbonyl (C=O) groups excluding carboxylic acids is 4. The number of aromatic nitrogens is 3. The average Bonchev–Trinajstić information content (AvgIpc) is 3.69. The van der Waals surface area contributed by atoms with Gasteiger partial charge in [0.15, 0.2) is 5.65 Å². The zero-order valence-electron chi connectivity index (χ0n) is 25.2. The van der Waals surface area contributed by atoms with Crippen molar-refractivity contribution in [2.75, 3.05) is 49.1 Å². The summed E-state index contributed by atoms with van der Waals surface area (Å²) in [5, 5.41) is 2.61. The molecule has 4 heterocycles. The molecule has 0 radical (unpaired) electrons. The Kier molecular flexibility index (Phi) is 9.18. The maximum absolute atomic E-state index is 15.3. The number of Topliss-reactive ketones (excluding diaryl/α,β-unsaturated/α-hetero) is 1. The number of hydrogen-bond acceptors (Lipinski definition) is 8. The van der Waals surface area contributed by atoms with E-state index in [9.17, 15) is 19.2 Å². The molecule has 4 aromatic rings. The van der Waals surface area contributed by atoms with Crippen molar-refractivity contribution < 1.29 is 28.3 Å². The van der Waals surface area contributed by atoms with Gasteiger partial charge in [0.25, 0.3) is 5.91 Å². The van der Waals surface area contributed by atoms with Crippen LogP contribution < -0.4 is 15.1 Å². The molecule has 13 heteroatoms. The lowest BCUT2D eigenvalue weighted by Gasteiger charge is -2.36. The van der Waals surface area contributed by atoms with Gasteiger partial charge in [-0.1, -0.05) is 30.3 Å². The van der Waals surface area contributed by atoms with Crippen molar-refractivity contribution in [3.8, 4) is 0 Å². The quantitative estimate of drug-likeness (QED) is 0.268. The van der Waals surface area contributed by atoms with E-state index in [-0.39, 0.29) is 30.5 Å². The molecule has 0 unspecified atom stereocenters. The minimum atomic E-state index is -0.564. The highest BCUT2D eigenvalue weighted by atomic mass is 19.1. The largest absolute Gasteiger partial charge is 0.444 e. The smallest absolute Gasteiger partial charge is 0.414 e. The van der Waals surface area contributed by atoms with Crippen LogP contribution in [0.15, 0.2) is 73.3 Å². The molecule has 12 nitrogen and oxygen atoms in total. The number of carbonyl (C=O) groups is 4. The number of hydrogen-bond donors (Lipinski definition) is 1. The molecule has 0 bridgehead atoms. The number of aryl methyl sites for hydroxylation is 1. The molecule has 0 aliphatic carbocycles. The Morgan fingerprint density at radius 3 is 2.59 bits per heavy atom. The van der Waals surface area contributed by atoms with Crippen LogP contribution in [0.25, 0.3) is 5.65 Å². The molecule has 2 aliphatic heterocycles. The Hall–Kier alpha value is -5.33. The topological polar surface area (TPSA) is 129 Å². The van der Waals surface area contributed by atoms with E-state index in [4.69, 9.17) is 4.74 Å². The van der Waals surface area contributed by atoms with Crippen LogP contribution in [0.1, 0.15) is 35.3 Å². The minimum Gasteiger partial charge on any atom is -0.444 e. The zero-order valence-corrected chi connectivity index (χ0v) is 25.2. The number of cyclic esters (lactones) is 1. The number of nitrogens with zero attached hydrogens (tertiary/aromatic N) is 6. The molecule has 2 aromatic heterocycles. The first-order valence-corrected chi connectivity index (χ1v) is 15.3. The van der Waals surface area contributed by atoms with Gasteiger partial charge in [0, 0.05) is 57.6 Å². The highest BCUT2D eigenvalue weighted by Crippen LogP contribution is 2.29. The summed E-state index contributed by atoms with van der Waals surface area (Å²) in [4.78, 5) is 63.2. The Morgan fingerprint density at radius 2 is 1.83 bits per heavy atom. The van der Waals surface area contributed by atoms with E-state index in [1.165, 1.54) is 17.2 Å². The van der Waals surface area contributed by atoms with Crippen molar-refractivity contribution in [1.29, 1.82) is 0 Å². The van der Waals surface area contributed by atoms with Crippen LogP contribution in [0.4, 0.5) is 20.6 Å². The first kappa shape index (κ1) is 30.7. The van der Waals surface area contributed by atoms with E-state index < -0.39 is 23.9 Å². The fraction of sp³-hybridized carbons (Fsp3) is 0.333. The Balaban J connectivity index is 0.951. The summed E-state index contributed by atoms with van der Waals surface area (Å²) in [5.41, 5.74) is 2.58. The lowest BCUT2D eigenvalue weighted by atomic mass is 10.0. The Bertz CT molecular complexity index is 1710. The summed E-state index contributed by atoms with van der Waals surface area (Å²) in [5.74, 6) is -1.08. The van der Waals surface area contributed by atoms with Gasteiger partial charge in [0.2, 0.25) is 5.91 Å². The third-order valence-electron chi connectivity index (χ3n) is 8.27. The Morgan fingerprint density at radius 1 is 1.02 bits per heavy atom. The maximum Gasteiger partial charge on any atom is 0.414 e. The number of fused-ring (bicyclic) bond motifs is 1. The number of amides is 3. The van der Waals surface area contributed by atoms with Crippen molar-refractivity contribution in [3.63, 3.8) is 0 Å². The van der Waals surface area contributed by atoms with Crippen molar-refractivity contribution >= 4 is 40.7 Å². The second kappa shape index (κ2) is 13.8. The molecule has 0 spiro atoms. The molecule has 6 rings (SSSR count). The number of benzene rings is 2. The first-order chi connectivity index (χ1) is 22.3. The van der Waals surface area contributed by atoms with E-state index in [0.717, 1.165) is 5.56 Å². The van der Waals surface area contributed by atoms with Gasteiger partial charge in [-0.25, -0.2) is 14.2 Å². The van der Waals surface area contributed by atoms with Crippen molar-refractivity contribution in [2.45, 2.75) is 31.8 Å². The predicted molar refractivity (Wildman–Crippen MR) is 167 cm³/mol. The molecule has 238 valence electrons. The highest BCUT2D eigenvalue weighted by molar-refractivity contribution is 5.95. The summed E-state index contributed by atoms with van der Waals surface area (Å²) in [6.45, 7) is 1.60. The average molecular weight is 628 g/mol. The van der Waals surface area contributed by atoms with Gasteiger partial charge < -0.3 is 24.3 Å². The highest BCUT2D eigenvalue weighted by Gasteiger charge is 2.33. The van der Waals surface area contributed by atoms with E-state index >= 15 is 4.39 Å². The number of piperazine rings is 1. The second-order valence-corrected chi connectivity index (χ2v) is 11.3. The van der Waals surface area contributed by atoms with Crippen LogP contribution >= 0.6 is 0 Å². The predicted octanol–water partition coefficient (Wildman–Crippen LogP) is 3.25. The number of anilines is 2. The SMILES string of the molecule is O=C(CCc1ccccc1)CC[C@H]1CN(c2ccc(N3CCN(C(=O)CNC(=O)c4cn5ccncc5n4)CC3)c(F)c2)C(=O)O1. The van der Waals surface area contributed by atoms with Crippen LogP contribution in [-0.4, -0.2) is 88.3 Å². The van der Waals surface area contributed by atoms with Gasteiger partial charge in [-0.05, 0) is 36.6 Å². The second-order valence-electron chi connectivity index (χ2n) is 11.3. The fourth-order valence-corrected chi connectivity index (χ4v) is 5.69. The summed E-state index contributed by atoms with van der Waals surface area (Å²) in [7, 11) is 0. The van der Waals surface area contributed by atoms with E-state index in [1.54, 1.807) is 40.0 Å². The lowest BCUT2D eigenvalue weighted by Crippen LogP contribution is -2.51. The number of ether oxygens (including phenoxy) is 1. The summed E-state index contributed by atoms with van der Waals surface area (Å²) in [6, 6.07) is 14.4. The van der Waals surface area contributed by atoms with Gasteiger partial charge >= 0.3 is 6.09 Å². The van der Waals surface area contributed by atoms with Gasteiger partial charge in [0.1, 0.15) is 23.4 Å². The van der Waals surface area contributed by atoms with Crippen molar-refractivity contribution in [1.82, 2.24) is 24.6 Å². The van der Waals surface area contributed by atoms with Crippen LogP contribution in [0.3, 0.4) is 0 Å². The van der Waals surface area contributed by atoms with E-state index in [1.807, 2.05) is 35.2 Å². The molecule has 0 saturated carbocycles. The maximum atomic E-state index is 15.3. The molecule has 2 fully saturated rings. The molecule has 2 aromatic carbocycles. The molecule has 1 N–H and O–H groups in total. The third kappa shape index (κ3) is 7.14. The van der Waals surface area contributed by atoms with E-state index in [2.05, 4.69) is 15.3 Å². The molecule has 1 atom stereocenters. The van der Waals surface area contributed by atoms with Crippen molar-refractivity contribution in [3.05, 3.63) is 90.4 Å². The molecular formula is C33H34FN7O5. The zero-order chi connectivity index (χ0) is 32.0. The summed E-state index contributed by atoms with van der Waals surface area (Å²) < 4.78 is 22.4. The number of nitrogens with one attached hydrogen (secondary N) is 1. The van der Waals surface area contributed by atoms with Gasteiger partial charge in [0.05, 0.1) is 30.7 Å². The van der Waals surface area contributed by atoms with Crippen LogP contribution in [0.5, 0.6) is 0 Å². The Labute approximate surface area is 264 Å². The van der Waals surface area contributed by atoms with E-state index in [0.29, 0.717) is 68.9 Å². The summed E-state index contributed by atoms with van der Waals surface area (Å²) >= 11 is 0. The van der Waals surface area contributed by atoms with Gasteiger partial charge in [-0.15, -0.1) is 0 Å². The normalized spacial score (nSPS) is 16.5. The monoisotopic (exact) mass is 627 g/mol. The lowest BCUT2D eigenvalue weighted by molar-refractivity contribution is -0.130. The number of ketones is 1. The molecule has 2 aliphatic rings. The number of rotatable bonds is 11. The number of imidazole rings is 1. The van der Waals surface area contributed by atoms with Gasteiger partial charge in [-0.2, -0.15) is 0 Å². The standard InChI is InChI=1S/C33H34FN7O5/c34-27-18-24(41-21-26(46-33(41)45)10-9-25(42)8-6-23-4-2-1-3-5-23)7-11-29(27)38-14-16-39(17-15-38)31(43)20-36-32(44)28-22-40-13-12-35-19-30(40)37-28/h1-5,7,11-13,18-19,22,26H,6,8-10,14-17,20-21H2,(H,36,44)/t26-/m0/s1. The minimum absolute atomic E-state index is 0.112. The number of halogens is 1. The first-order valence-electron chi connectivity index (χ1n) is 15.3. The molecular weight excluding hydrogens is 593 g/mol. The van der Waals surface area contributed by atoms with Gasteiger partial charge in [-0.3, -0.25) is 24.3 Å². The molecule has 3 amide bonds. The van der Waals surface area contributed by atoms with Crippen molar-refractivity contribution in [2.24, 2.45) is 0 Å². The summed E-state index contributed by atoms with van der Waals surface area (Å²) in [6.07, 6.45) is 7.20. The molecule has 2 saturated heterocycles. The van der Waals surface area contributed by atoms with Crippen LogP contribution in [0, 0.1) is 5.82 Å². The van der Waals surface area contributed by atoms with Crippen LogP contribution in [-0.2, 0) is 20.7 Å². The van der Waals surface area contributed by atoms with Crippen LogP contribution in [0.2, 0.25) is 0 Å².